The molecule has 1 aliphatic heterocycles. The molecule has 4 nitrogen and oxygen atoms in total. The maximum absolute atomic E-state index is 12.0. The zero-order valence-corrected chi connectivity index (χ0v) is 12.5. The van der Waals surface area contributed by atoms with Crippen LogP contribution in [-0.4, -0.2) is 42.3 Å². The minimum absolute atomic E-state index is 0.165. The zero-order valence-electron chi connectivity index (χ0n) is 12.5. The minimum atomic E-state index is -0.429. The summed E-state index contributed by atoms with van der Waals surface area (Å²) in [4.78, 5) is 13.7. The van der Waals surface area contributed by atoms with Crippen LogP contribution in [0.3, 0.4) is 0 Å². The van der Waals surface area contributed by atoms with Crippen LogP contribution in [0.1, 0.15) is 53.4 Å². The van der Waals surface area contributed by atoms with Crippen LogP contribution in [0.15, 0.2) is 0 Å². The van der Waals surface area contributed by atoms with Crippen molar-refractivity contribution in [1.82, 2.24) is 10.2 Å². The van der Waals surface area contributed by atoms with Gasteiger partial charge in [-0.1, -0.05) is 12.8 Å². The first-order chi connectivity index (χ1) is 8.31. The Labute approximate surface area is 111 Å². The Hall–Kier alpha value is -0.770. The lowest BCUT2D eigenvalue weighted by atomic mass is 10.0. The third-order valence-electron chi connectivity index (χ3n) is 3.47. The molecule has 106 valence electrons. The van der Waals surface area contributed by atoms with Gasteiger partial charge in [-0.2, -0.15) is 0 Å². The largest absolute Gasteiger partial charge is 0.444 e. The molecule has 0 saturated carbocycles. The van der Waals surface area contributed by atoms with Gasteiger partial charge < -0.3 is 15.0 Å². The quantitative estimate of drug-likeness (QED) is 0.826. The van der Waals surface area contributed by atoms with Crippen molar-refractivity contribution in [1.29, 1.82) is 0 Å². The fourth-order valence-corrected chi connectivity index (χ4v) is 2.24. The van der Waals surface area contributed by atoms with E-state index in [1.54, 1.807) is 4.90 Å². The van der Waals surface area contributed by atoms with E-state index in [4.69, 9.17) is 4.74 Å². The van der Waals surface area contributed by atoms with Crippen molar-refractivity contribution in [3.05, 3.63) is 0 Å². The summed E-state index contributed by atoms with van der Waals surface area (Å²) in [5.41, 5.74) is -0.429. The fraction of sp³-hybridized carbons (Fsp3) is 0.929. The summed E-state index contributed by atoms with van der Waals surface area (Å²) in [6.45, 7) is 8.83. The van der Waals surface area contributed by atoms with Gasteiger partial charge in [-0.25, -0.2) is 4.79 Å². The summed E-state index contributed by atoms with van der Waals surface area (Å²) in [5, 5.41) is 3.53. The monoisotopic (exact) mass is 256 g/mol. The molecular formula is C14H28N2O2. The van der Waals surface area contributed by atoms with E-state index in [9.17, 15) is 4.79 Å². The molecule has 18 heavy (non-hydrogen) atoms. The number of amides is 1. The third-order valence-corrected chi connectivity index (χ3v) is 3.47. The van der Waals surface area contributed by atoms with E-state index in [1.807, 2.05) is 27.8 Å². The van der Waals surface area contributed by atoms with Crippen LogP contribution >= 0.6 is 0 Å². The zero-order chi connectivity index (χ0) is 13.8. The SMILES string of the molecule is CC(C1CCCCCN1)N(C)C(=O)OC(C)(C)C. The lowest BCUT2D eigenvalue weighted by Crippen LogP contribution is -2.50. The van der Waals surface area contributed by atoms with Crippen LogP contribution in [0.4, 0.5) is 4.79 Å². The Morgan fingerprint density at radius 2 is 2.00 bits per heavy atom. The molecule has 0 aromatic heterocycles. The molecule has 2 unspecified atom stereocenters. The normalized spacial score (nSPS) is 23.1. The van der Waals surface area contributed by atoms with Gasteiger partial charge in [0.1, 0.15) is 5.60 Å². The minimum Gasteiger partial charge on any atom is -0.444 e. The molecule has 0 radical (unpaired) electrons. The number of ether oxygens (including phenoxy) is 1. The van der Waals surface area contributed by atoms with Gasteiger partial charge >= 0.3 is 6.09 Å². The molecule has 1 fully saturated rings. The summed E-state index contributed by atoms with van der Waals surface area (Å²) >= 11 is 0. The first-order valence-electron chi connectivity index (χ1n) is 7.00. The standard InChI is InChI=1S/C14H28N2O2/c1-11(12-9-7-6-8-10-15-12)16(5)13(17)18-14(2,3)4/h11-12,15H,6-10H2,1-5H3. The Morgan fingerprint density at radius 3 is 2.61 bits per heavy atom. The second-order valence-electron chi connectivity index (χ2n) is 6.24. The number of hydrogen-bond acceptors (Lipinski definition) is 3. The Bertz CT molecular complexity index is 265. The molecule has 0 aromatic rings. The van der Waals surface area contributed by atoms with Crippen molar-refractivity contribution in [3.63, 3.8) is 0 Å². The van der Waals surface area contributed by atoms with Gasteiger partial charge in [0.15, 0.2) is 0 Å². The maximum Gasteiger partial charge on any atom is 0.410 e. The summed E-state index contributed by atoms with van der Waals surface area (Å²) in [5.74, 6) is 0. The van der Waals surface area contributed by atoms with E-state index in [0.29, 0.717) is 6.04 Å². The van der Waals surface area contributed by atoms with E-state index in [-0.39, 0.29) is 12.1 Å². The van der Waals surface area contributed by atoms with Gasteiger partial charge in [0.2, 0.25) is 0 Å². The number of carbonyl (C=O) groups excluding carboxylic acids is 1. The molecule has 1 aliphatic rings. The molecule has 2 atom stereocenters. The molecule has 0 aromatic carbocycles. The lowest BCUT2D eigenvalue weighted by Gasteiger charge is -2.33. The van der Waals surface area contributed by atoms with Crippen LogP contribution in [0.2, 0.25) is 0 Å². The number of carbonyl (C=O) groups is 1. The van der Waals surface area contributed by atoms with Gasteiger partial charge in [-0.3, -0.25) is 0 Å². The second kappa shape index (κ2) is 6.41. The topological polar surface area (TPSA) is 41.6 Å². The lowest BCUT2D eigenvalue weighted by molar-refractivity contribution is 0.0202. The van der Waals surface area contributed by atoms with Crippen molar-refractivity contribution in [2.75, 3.05) is 13.6 Å². The Morgan fingerprint density at radius 1 is 1.33 bits per heavy atom. The highest BCUT2D eigenvalue weighted by Gasteiger charge is 2.28. The number of nitrogens with one attached hydrogen (secondary N) is 1. The van der Waals surface area contributed by atoms with Gasteiger partial charge in [-0.05, 0) is 47.1 Å². The van der Waals surface area contributed by atoms with Crippen LogP contribution in [0, 0.1) is 0 Å². The maximum atomic E-state index is 12.0. The van der Waals surface area contributed by atoms with Crippen molar-refractivity contribution >= 4 is 6.09 Å². The number of hydrogen-bond donors (Lipinski definition) is 1. The molecule has 0 bridgehead atoms. The van der Waals surface area contributed by atoms with Crippen molar-refractivity contribution < 1.29 is 9.53 Å². The molecule has 1 saturated heterocycles. The Kier molecular flexibility index (Phi) is 5.45. The average Bonchev–Trinajstić information content (AvgIpc) is 2.53. The first kappa shape index (κ1) is 15.3. The third kappa shape index (κ3) is 4.84. The fourth-order valence-electron chi connectivity index (χ4n) is 2.24. The van der Waals surface area contributed by atoms with Gasteiger partial charge in [-0.15, -0.1) is 0 Å². The van der Waals surface area contributed by atoms with E-state index < -0.39 is 5.60 Å². The molecule has 1 rings (SSSR count). The van der Waals surface area contributed by atoms with E-state index in [1.165, 1.54) is 19.3 Å². The molecule has 1 heterocycles. The summed E-state index contributed by atoms with van der Waals surface area (Å²) < 4.78 is 5.40. The number of likely N-dealkylation sites (N-methyl/N-ethyl adjacent to an activating group) is 1. The average molecular weight is 256 g/mol. The molecular weight excluding hydrogens is 228 g/mol. The Balaban J connectivity index is 2.53. The van der Waals surface area contributed by atoms with Gasteiger partial charge in [0, 0.05) is 19.1 Å². The summed E-state index contributed by atoms with van der Waals surface area (Å²) in [6, 6.07) is 0.544. The molecule has 0 aliphatic carbocycles. The number of nitrogens with zero attached hydrogens (tertiary/aromatic N) is 1. The van der Waals surface area contributed by atoms with Crippen LogP contribution in [0.5, 0.6) is 0 Å². The van der Waals surface area contributed by atoms with Crippen molar-refractivity contribution in [2.45, 2.75) is 71.1 Å². The molecule has 1 amide bonds. The second-order valence-corrected chi connectivity index (χ2v) is 6.24. The van der Waals surface area contributed by atoms with Crippen molar-refractivity contribution in [2.24, 2.45) is 0 Å². The van der Waals surface area contributed by atoms with E-state index in [0.717, 1.165) is 13.0 Å². The predicted octanol–water partition coefficient (Wildman–Crippen LogP) is 2.77. The highest BCUT2D eigenvalue weighted by molar-refractivity contribution is 5.68. The summed E-state index contributed by atoms with van der Waals surface area (Å²) in [7, 11) is 1.82. The predicted molar refractivity (Wildman–Crippen MR) is 73.7 cm³/mol. The first-order valence-corrected chi connectivity index (χ1v) is 7.00. The highest BCUT2D eigenvalue weighted by atomic mass is 16.6. The summed E-state index contributed by atoms with van der Waals surface area (Å²) in [6.07, 6.45) is 4.66. The van der Waals surface area contributed by atoms with Crippen molar-refractivity contribution in [3.8, 4) is 0 Å². The number of rotatable bonds is 2. The van der Waals surface area contributed by atoms with E-state index >= 15 is 0 Å². The molecule has 1 N–H and O–H groups in total. The van der Waals surface area contributed by atoms with Crippen LogP contribution in [0.25, 0.3) is 0 Å². The van der Waals surface area contributed by atoms with E-state index in [2.05, 4.69) is 12.2 Å². The van der Waals surface area contributed by atoms with Crippen LogP contribution < -0.4 is 5.32 Å². The smallest absolute Gasteiger partial charge is 0.410 e. The molecule has 4 heteroatoms. The van der Waals surface area contributed by atoms with Crippen LogP contribution in [-0.2, 0) is 4.74 Å². The van der Waals surface area contributed by atoms with Gasteiger partial charge in [0.05, 0.1) is 0 Å². The molecule has 0 spiro atoms. The highest BCUT2D eigenvalue weighted by Crippen LogP contribution is 2.16. The van der Waals surface area contributed by atoms with Gasteiger partial charge in [0.25, 0.3) is 0 Å².